The number of amides is 1. The average molecular weight is 279 g/mol. The predicted molar refractivity (Wildman–Crippen MR) is 69.0 cm³/mol. The first kappa shape index (κ1) is 16.9. The molecule has 2 atom stereocenters. The van der Waals surface area contributed by atoms with Gasteiger partial charge in [0.15, 0.2) is 0 Å². The first-order chi connectivity index (χ1) is 8.04. The van der Waals surface area contributed by atoms with Crippen LogP contribution in [-0.2, 0) is 20.3 Å². The van der Waals surface area contributed by atoms with Crippen molar-refractivity contribution in [2.45, 2.75) is 38.8 Å². The topological polar surface area (TPSA) is 83.9 Å². The zero-order valence-corrected chi connectivity index (χ0v) is 12.2. The molecule has 106 valence electrons. The summed E-state index contributed by atoms with van der Waals surface area (Å²) in [5, 5.41) is 9.06. The number of carbonyl (C=O) groups is 2. The lowest BCUT2D eigenvalue weighted by Crippen LogP contribution is -2.45. The quantitative estimate of drug-likeness (QED) is 0.814. The molecule has 6 nitrogen and oxygen atoms in total. The molecule has 1 amide bonds. The Balaban J connectivity index is 4.65. The highest BCUT2D eigenvalue weighted by atomic mass is 32.2. The van der Waals surface area contributed by atoms with Crippen molar-refractivity contribution in [1.29, 1.82) is 0 Å². The molecule has 0 heterocycles. The molecule has 0 saturated carbocycles. The Bertz CT molecular complexity index is 337. The van der Waals surface area contributed by atoms with Crippen LogP contribution in [0.2, 0.25) is 0 Å². The van der Waals surface area contributed by atoms with Crippen LogP contribution >= 0.6 is 0 Å². The molecule has 0 saturated heterocycles. The largest absolute Gasteiger partial charge is 0.480 e. The molecule has 0 bridgehead atoms. The summed E-state index contributed by atoms with van der Waals surface area (Å²) >= 11 is 0. The number of rotatable bonds is 5. The van der Waals surface area contributed by atoms with Gasteiger partial charge >= 0.3 is 12.1 Å². The van der Waals surface area contributed by atoms with Crippen molar-refractivity contribution in [1.82, 2.24) is 4.90 Å². The molecule has 0 aromatic carbocycles. The molecule has 0 fully saturated rings. The van der Waals surface area contributed by atoms with E-state index < -0.39 is 34.5 Å². The van der Waals surface area contributed by atoms with Crippen LogP contribution in [0.15, 0.2) is 0 Å². The average Bonchev–Trinajstić information content (AvgIpc) is 2.13. The van der Waals surface area contributed by atoms with Gasteiger partial charge < -0.3 is 9.84 Å². The van der Waals surface area contributed by atoms with Gasteiger partial charge in [-0.3, -0.25) is 9.11 Å². The van der Waals surface area contributed by atoms with E-state index in [9.17, 15) is 13.8 Å². The summed E-state index contributed by atoms with van der Waals surface area (Å²) in [7, 11) is 0.273. The number of carboxylic acids is 1. The van der Waals surface area contributed by atoms with Gasteiger partial charge in [-0.15, -0.1) is 0 Å². The molecule has 0 rings (SSSR count). The summed E-state index contributed by atoms with van der Waals surface area (Å²) in [5.41, 5.74) is -0.679. The molecule has 0 spiro atoms. The van der Waals surface area contributed by atoms with Crippen LogP contribution in [0.4, 0.5) is 4.79 Å². The molecule has 7 heteroatoms. The molecule has 0 unspecified atom stereocenters. The Kier molecular flexibility index (Phi) is 6.31. The third kappa shape index (κ3) is 6.58. The number of likely N-dealkylation sites (N-methyl/N-ethyl adjacent to an activating group) is 1. The fourth-order valence-electron chi connectivity index (χ4n) is 1.22. The van der Waals surface area contributed by atoms with E-state index in [4.69, 9.17) is 9.84 Å². The summed E-state index contributed by atoms with van der Waals surface area (Å²) in [6.45, 7) is 5.11. The van der Waals surface area contributed by atoms with Gasteiger partial charge in [-0.2, -0.15) is 0 Å². The van der Waals surface area contributed by atoms with Crippen LogP contribution in [0, 0.1) is 0 Å². The maximum Gasteiger partial charge on any atom is 0.410 e. The summed E-state index contributed by atoms with van der Waals surface area (Å²) in [6.07, 6.45) is 0.928. The van der Waals surface area contributed by atoms with Gasteiger partial charge in [0.05, 0.1) is 0 Å². The van der Waals surface area contributed by atoms with Crippen molar-refractivity contribution in [2.24, 2.45) is 0 Å². The van der Waals surface area contributed by atoms with E-state index in [0.29, 0.717) is 0 Å². The van der Waals surface area contributed by atoms with Gasteiger partial charge in [0.25, 0.3) is 0 Å². The van der Waals surface area contributed by atoms with Crippen molar-refractivity contribution < 1.29 is 23.6 Å². The zero-order valence-electron chi connectivity index (χ0n) is 11.4. The maximum atomic E-state index is 11.7. The van der Waals surface area contributed by atoms with Crippen molar-refractivity contribution >= 4 is 22.9 Å². The Morgan fingerprint density at radius 1 is 1.39 bits per heavy atom. The van der Waals surface area contributed by atoms with Gasteiger partial charge in [0, 0.05) is 29.9 Å². The van der Waals surface area contributed by atoms with Crippen LogP contribution in [0.25, 0.3) is 0 Å². The van der Waals surface area contributed by atoms with Crippen LogP contribution in [0.3, 0.4) is 0 Å². The van der Waals surface area contributed by atoms with Crippen molar-refractivity contribution in [2.75, 3.05) is 19.1 Å². The molecular weight excluding hydrogens is 258 g/mol. The smallest absolute Gasteiger partial charge is 0.410 e. The summed E-state index contributed by atoms with van der Waals surface area (Å²) < 4.78 is 16.1. The van der Waals surface area contributed by atoms with Crippen LogP contribution in [0.1, 0.15) is 27.2 Å². The Labute approximate surface area is 110 Å². The Hall–Kier alpha value is -1.11. The van der Waals surface area contributed by atoms with Gasteiger partial charge in [-0.05, 0) is 27.2 Å². The number of carboxylic acid groups (broad SMARTS) is 1. The zero-order chi connectivity index (χ0) is 14.5. The summed E-state index contributed by atoms with van der Waals surface area (Å²) in [4.78, 5) is 23.8. The van der Waals surface area contributed by atoms with E-state index >= 15 is 0 Å². The standard InChI is InChI=1S/C11H21NO5S/c1-11(2,3)17-10(15)12(4)8(9(13)14)6-7-18(5)16/h8H,6-7H2,1-5H3,(H,13,14)/t8-,18-/m1/s1. The van der Waals surface area contributed by atoms with E-state index in [-0.39, 0.29) is 12.2 Å². The normalized spacial score (nSPS) is 14.7. The highest BCUT2D eigenvalue weighted by molar-refractivity contribution is 7.84. The number of hydrogen-bond acceptors (Lipinski definition) is 4. The number of carbonyl (C=O) groups excluding carboxylic acids is 1. The third-order valence-corrected chi connectivity index (χ3v) is 2.92. The number of aliphatic carboxylic acids is 1. The Morgan fingerprint density at radius 3 is 2.22 bits per heavy atom. The second-order valence-corrected chi connectivity index (χ2v) is 6.57. The molecule has 0 aromatic rings. The van der Waals surface area contributed by atoms with Crippen molar-refractivity contribution in [3.63, 3.8) is 0 Å². The highest BCUT2D eigenvalue weighted by Gasteiger charge is 2.29. The molecule has 0 aliphatic heterocycles. The molecule has 18 heavy (non-hydrogen) atoms. The number of ether oxygens (including phenoxy) is 1. The minimum Gasteiger partial charge on any atom is -0.480 e. The van der Waals surface area contributed by atoms with Crippen molar-refractivity contribution in [3.05, 3.63) is 0 Å². The molecular formula is C11H21NO5S. The Morgan fingerprint density at radius 2 is 1.89 bits per heavy atom. The third-order valence-electron chi connectivity index (χ3n) is 2.11. The molecule has 1 N–H and O–H groups in total. The number of hydrogen-bond donors (Lipinski definition) is 1. The predicted octanol–water partition coefficient (Wildman–Crippen LogP) is 1.08. The fraction of sp³-hybridized carbons (Fsp3) is 0.818. The van der Waals surface area contributed by atoms with E-state index in [1.165, 1.54) is 13.3 Å². The van der Waals surface area contributed by atoms with E-state index in [1.807, 2.05) is 0 Å². The highest BCUT2D eigenvalue weighted by Crippen LogP contribution is 2.12. The van der Waals surface area contributed by atoms with Gasteiger partial charge in [0.1, 0.15) is 11.6 Å². The van der Waals surface area contributed by atoms with Gasteiger partial charge in [-0.1, -0.05) is 0 Å². The second-order valence-electron chi connectivity index (χ2n) is 5.01. The minimum absolute atomic E-state index is 0.133. The maximum absolute atomic E-state index is 11.7. The second kappa shape index (κ2) is 6.72. The van der Waals surface area contributed by atoms with Gasteiger partial charge in [-0.25, -0.2) is 9.59 Å². The molecule has 0 aliphatic rings. The first-order valence-electron chi connectivity index (χ1n) is 5.53. The van der Waals surface area contributed by atoms with E-state index in [2.05, 4.69) is 0 Å². The molecule has 0 radical (unpaired) electrons. The lowest BCUT2D eigenvalue weighted by atomic mass is 10.2. The number of nitrogens with zero attached hydrogens (tertiary/aromatic N) is 1. The first-order valence-corrected chi connectivity index (χ1v) is 7.26. The summed E-state index contributed by atoms with van der Waals surface area (Å²) in [6, 6.07) is -1.02. The summed E-state index contributed by atoms with van der Waals surface area (Å²) in [5.74, 6) is -0.904. The van der Waals surface area contributed by atoms with Crippen LogP contribution in [-0.4, -0.2) is 57.0 Å². The van der Waals surface area contributed by atoms with Gasteiger partial charge in [0.2, 0.25) is 0 Å². The SMILES string of the molecule is CN(C(=O)OC(C)(C)C)[C@H](CC[S@@](C)=O)C(=O)O. The molecule has 0 aliphatic carbocycles. The lowest BCUT2D eigenvalue weighted by molar-refractivity contribution is -0.142. The van der Waals surface area contributed by atoms with E-state index in [1.54, 1.807) is 20.8 Å². The van der Waals surface area contributed by atoms with Crippen LogP contribution < -0.4 is 0 Å². The minimum atomic E-state index is -1.13. The van der Waals surface area contributed by atoms with E-state index in [0.717, 1.165) is 4.90 Å². The fourth-order valence-corrected chi connectivity index (χ4v) is 1.78. The lowest BCUT2D eigenvalue weighted by Gasteiger charge is -2.28. The monoisotopic (exact) mass is 279 g/mol. The molecule has 0 aromatic heterocycles. The van der Waals surface area contributed by atoms with Crippen molar-refractivity contribution in [3.8, 4) is 0 Å². The van der Waals surface area contributed by atoms with Crippen LogP contribution in [0.5, 0.6) is 0 Å².